The first-order valence-corrected chi connectivity index (χ1v) is 14.2. The molecule has 3 aliphatic heterocycles. The molecule has 1 fully saturated rings. The molecule has 0 saturated carbocycles. The molecular formula is C30H34N4O7. The van der Waals surface area contributed by atoms with E-state index in [4.69, 9.17) is 19.6 Å². The monoisotopic (exact) mass is 562 g/mol. The summed E-state index contributed by atoms with van der Waals surface area (Å²) in [4.78, 5) is 48.0. The summed E-state index contributed by atoms with van der Waals surface area (Å²) in [5.41, 5.74) is 1.91. The molecule has 216 valence electrons. The van der Waals surface area contributed by atoms with Gasteiger partial charge in [-0.25, -0.2) is 14.6 Å². The van der Waals surface area contributed by atoms with Gasteiger partial charge >= 0.3 is 12.1 Å². The van der Waals surface area contributed by atoms with Crippen LogP contribution in [0.25, 0.3) is 22.3 Å². The summed E-state index contributed by atoms with van der Waals surface area (Å²) < 4.78 is 12.7. The van der Waals surface area contributed by atoms with Crippen LogP contribution in [-0.4, -0.2) is 81.0 Å². The van der Waals surface area contributed by atoms with Crippen molar-refractivity contribution in [2.45, 2.75) is 51.9 Å². The SMILES string of the molecule is CCc1ccc(OC(=O)N2CCN(CCCO)CC2)c2cc3c(nc12)-c1cc2c(c(=O)n1C3)COC(=O)[C@]2(O)CC. The molecular weight excluding hydrogens is 528 g/mol. The van der Waals surface area contributed by atoms with Crippen LogP contribution in [0.1, 0.15) is 48.9 Å². The summed E-state index contributed by atoms with van der Waals surface area (Å²) in [6, 6.07) is 7.31. The van der Waals surface area contributed by atoms with Crippen LogP contribution in [0.5, 0.6) is 5.75 Å². The van der Waals surface area contributed by atoms with Crippen molar-refractivity contribution >= 4 is 23.0 Å². The Balaban J connectivity index is 1.36. The highest BCUT2D eigenvalue weighted by Crippen LogP contribution is 2.40. The molecule has 0 radical (unpaired) electrons. The number of aliphatic hydroxyl groups excluding tert-OH is 1. The van der Waals surface area contributed by atoms with Crippen LogP contribution in [0.4, 0.5) is 4.79 Å². The van der Waals surface area contributed by atoms with E-state index in [1.165, 1.54) is 0 Å². The van der Waals surface area contributed by atoms with E-state index in [2.05, 4.69) is 4.90 Å². The lowest BCUT2D eigenvalue weighted by Gasteiger charge is -2.33. The molecule has 1 atom stereocenters. The Labute approximate surface area is 236 Å². The summed E-state index contributed by atoms with van der Waals surface area (Å²) in [6.07, 6.45) is 1.06. The number of hydrogen-bond acceptors (Lipinski definition) is 9. The normalized spacial score (nSPS) is 20.0. The molecule has 5 heterocycles. The molecule has 0 spiro atoms. The Hall–Kier alpha value is -3.80. The van der Waals surface area contributed by atoms with Gasteiger partial charge in [-0.15, -0.1) is 0 Å². The second kappa shape index (κ2) is 10.6. The van der Waals surface area contributed by atoms with Gasteiger partial charge in [0.2, 0.25) is 0 Å². The minimum atomic E-state index is -1.89. The van der Waals surface area contributed by atoms with E-state index in [-0.39, 0.29) is 42.9 Å². The Morgan fingerprint density at radius 3 is 2.63 bits per heavy atom. The van der Waals surface area contributed by atoms with Crippen LogP contribution >= 0.6 is 0 Å². The summed E-state index contributed by atoms with van der Waals surface area (Å²) >= 11 is 0. The van der Waals surface area contributed by atoms with Gasteiger partial charge in [0.25, 0.3) is 5.56 Å². The Morgan fingerprint density at radius 2 is 1.93 bits per heavy atom. The van der Waals surface area contributed by atoms with E-state index in [9.17, 15) is 19.5 Å². The van der Waals surface area contributed by atoms with Crippen LogP contribution in [0.2, 0.25) is 0 Å². The molecule has 0 aliphatic carbocycles. The van der Waals surface area contributed by atoms with Crippen molar-refractivity contribution in [2.75, 3.05) is 39.3 Å². The zero-order valence-electron chi connectivity index (χ0n) is 23.3. The van der Waals surface area contributed by atoms with Gasteiger partial charge < -0.3 is 29.2 Å². The minimum absolute atomic E-state index is 0.0755. The minimum Gasteiger partial charge on any atom is -0.458 e. The number of benzene rings is 1. The van der Waals surface area contributed by atoms with Crippen molar-refractivity contribution in [2.24, 2.45) is 0 Å². The van der Waals surface area contributed by atoms with Gasteiger partial charge in [-0.05, 0) is 43.0 Å². The number of amides is 1. The lowest BCUT2D eigenvalue weighted by molar-refractivity contribution is -0.172. The maximum atomic E-state index is 13.5. The Morgan fingerprint density at radius 1 is 1.15 bits per heavy atom. The fraction of sp³-hybridized carbons (Fsp3) is 0.467. The van der Waals surface area contributed by atoms with E-state index in [1.54, 1.807) is 28.5 Å². The number of rotatable bonds is 6. The van der Waals surface area contributed by atoms with E-state index in [0.29, 0.717) is 54.0 Å². The van der Waals surface area contributed by atoms with Crippen LogP contribution in [0, 0.1) is 0 Å². The number of carbonyl (C=O) groups excluding carboxylic acids is 2. The lowest BCUT2D eigenvalue weighted by atomic mass is 9.86. The molecule has 0 bridgehead atoms. The molecule has 0 unspecified atom stereocenters. The van der Waals surface area contributed by atoms with Crippen molar-refractivity contribution in [3.8, 4) is 17.1 Å². The average molecular weight is 563 g/mol. The maximum Gasteiger partial charge on any atom is 0.415 e. The standard InChI is InChI=1S/C30H34N4O7/c1-3-18-6-7-24(41-29(38)33-11-9-32(10-12-33)8-5-13-35)20-14-19-16-34-23(26(19)31-25(18)20)15-22-21(27(34)36)17-40-28(37)30(22,39)4-2/h6-7,14-15,35,39H,3-5,8-13,16-17H2,1-2H3/t30-/m0/s1. The van der Waals surface area contributed by atoms with Gasteiger partial charge in [-0.1, -0.05) is 19.9 Å². The largest absolute Gasteiger partial charge is 0.458 e. The highest BCUT2D eigenvalue weighted by molar-refractivity contribution is 5.93. The number of fused-ring (bicyclic) bond motifs is 5. The zero-order valence-corrected chi connectivity index (χ0v) is 23.3. The number of pyridine rings is 2. The fourth-order valence-electron chi connectivity index (χ4n) is 6.08. The van der Waals surface area contributed by atoms with Gasteiger partial charge in [0.1, 0.15) is 12.4 Å². The molecule has 1 amide bonds. The van der Waals surface area contributed by atoms with Gasteiger partial charge in [0.05, 0.1) is 29.0 Å². The number of esters is 1. The fourth-order valence-corrected chi connectivity index (χ4v) is 6.08. The molecule has 1 saturated heterocycles. The quantitative estimate of drug-likeness (QED) is 0.339. The molecule has 41 heavy (non-hydrogen) atoms. The van der Waals surface area contributed by atoms with Gasteiger partial charge in [0.15, 0.2) is 5.60 Å². The number of piperazine rings is 1. The van der Waals surface area contributed by atoms with Gasteiger partial charge in [0, 0.05) is 55.8 Å². The Kier molecular flexibility index (Phi) is 7.04. The molecule has 3 aromatic rings. The third-order valence-corrected chi connectivity index (χ3v) is 8.56. The first kappa shape index (κ1) is 27.4. The number of aliphatic hydroxyl groups is 2. The van der Waals surface area contributed by atoms with Crippen molar-refractivity contribution in [3.05, 3.63) is 56.9 Å². The number of nitrogens with zero attached hydrogens (tertiary/aromatic N) is 4. The highest BCUT2D eigenvalue weighted by Gasteiger charge is 2.45. The van der Waals surface area contributed by atoms with E-state index >= 15 is 0 Å². The first-order valence-electron chi connectivity index (χ1n) is 14.2. The highest BCUT2D eigenvalue weighted by atomic mass is 16.6. The molecule has 2 N–H and O–H groups in total. The van der Waals surface area contributed by atoms with Crippen molar-refractivity contribution in [1.29, 1.82) is 0 Å². The number of aromatic nitrogens is 2. The average Bonchev–Trinajstić information content (AvgIpc) is 3.35. The second-order valence-corrected chi connectivity index (χ2v) is 10.8. The predicted molar refractivity (Wildman–Crippen MR) is 150 cm³/mol. The number of carbonyl (C=O) groups is 2. The predicted octanol–water partition coefficient (Wildman–Crippen LogP) is 2.14. The molecule has 2 aromatic heterocycles. The first-order chi connectivity index (χ1) is 19.8. The van der Waals surface area contributed by atoms with Crippen LogP contribution in [0.3, 0.4) is 0 Å². The maximum absolute atomic E-state index is 13.5. The number of aryl methyl sites for hydroxylation is 1. The molecule has 3 aliphatic rings. The third kappa shape index (κ3) is 4.48. The van der Waals surface area contributed by atoms with Crippen molar-refractivity contribution in [1.82, 2.24) is 19.4 Å². The molecule has 11 heteroatoms. The topological polar surface area (TPSA) is 134 Å². The third-order valence-electron chi connectivity index (χ3n) is 8.56. The molecule has 6 rings (SSSR count). The van der Waals surface area contributed by atoms with E-state index < -0.39 is 17.7 Å². The molecule has 11 nitrogen and oxygen atoms in total. The lowest BCUT2D eigenvalue weighted by Crippen LogP contribution is -2.49. The van der Waals surface area contributed by atoms with Crippen LogP contribution in [0.15, 0.2) is 29.1 Å². The van der Waals surface area contributed by atoms with E-state index in [0.717, 1.165) is 30.8 Å². The van der Waals surface area contributed by atoms with E-state index in [1.807, 2.05) is 19.1 Å². The Bertz CT molecular complexity index is 1610. The van der Waals surface area contributed by atoms with Gasteiger partial charge in [-0.2, -0.15) is 0 Å². The number of cyclic esters (lactones) is 1. The second-order valence-electron chi connectivity index (χ2n) is 10.8. The summed E-state index contributed by atoms with van der Waals surface area (Å²) in [5, 5.41) is 20.9. The number of hydrogen-bond donors (Lipinski definition) is 2. The van der Waals surface area contributed by atoms with Gasteiger partial charge in [-0.3, -0.25) is 9.69 Å². The van der Waals surface area contributed by atoms with Crippen LogP contribution < -0.4 is 10.3 Å². The summed E-state index contributed by atoms with van der Waals surface area (Å²) in [6.45, 7) is 7.26. The number of ether oxygens (including phenoxy) is 2. The van der Waals surface area contributed by atoms with Crippen molar-refractivity contribution < 1.29 is 29.3 Å². The molecule has 1 aromatic carbocycles. The summed E-state index contributed by atoms with van der Waals surface area (Å²) in [7, 11) is 0. The summed E-state index contributed by atoms with van der Waals surface area (Å²) in [5.74, 6) is -0.352. The van der Waals surface area contributed by atoms with Crippen molar-refractivity contribution in [3.63, 3.8) is 0 Å². The van der Waals surface area contributed by atoms with Crippen LogP contribution in [-0.2, 0) is 34.7 Å². The smallest absolute Gasteiger partial charge is 0.415 e. The zero-order chi connectivity index (χ0) is 28.9.